The summed E-state index contributed by atoms with van der Waals surface area (Å²) in [6, 6.07) is 10.2. The lowest BCUT2D eigenvalue weighted by molar-refractivity contribution is 0.0286. The summed E-state index contributed by atoms with van der Waals surface area (Å²) in [4.78, 5) is 11.8. The van der Waals surface area contributed by atoms with Crippen molar-refractivity contribution in [2.45, 2.75) is 11.0 Å². The van der Waals surface area contributed by atoms with E-state index >= 15 is 0 Å². The van der Waals surface area contributed by atoms with Gasteiger partial charge in [0.1, 0.15) is 30.0 Å². The van der Waals surface area contributed by atoms with Crippen LogP contribution >= 0.6 is 0 Å². The van der Waals surface area contributed by atoms with Gasteiger partial charge in [-0.15, -0.1) is 6.58 Å². The Morgan fingerprint density at radius 3 is 2.83 bits per heavy atom. The molecule has 0 aliphatic carbocycles. The Morgan fingerprint density at radius 2 is 2.10 bits per heavy atom. The largest absolute Gasteiger partial charge is 0.497 e. The molecular weight excluding hydrogens is 401 g/mol. The Hall–Kier alpha value is -2.91. The Kier molecular flexibility index (Phi) is 6.19. The van der Waals surface area contributed by atoms with Gasteiger partial charge in [0.25, 0.3) is 0 Å². The van der Waals surface area contributed by atoms with Crippen molar-refractivity contribution in [2.24, 2.45) is 0 Å². The first-order valence-corrected chi connectivity index (χ1v) is 10.2. The van der Waals surface area contributed by atoms with Gasteiger partial charge in [0.05, 0.1) is 19.2 Å². The molecule has 0 saturated heterocycles. The summed E-state index contributed by atoms with van der Waals surface area (Å²) in [6.45, 7) is 3.15. The molecule has 0 aromatic heterocycles. The van der Waals surface area contributed by atoms with E-state index in [0.29, 0.717) is 5.75 Å². The number of methoxy groups -OCH3 is 1. The Bertz CT molecular complexity index is 1020. The van der Waals surface area contributed by atoms with Crippen LogP contribution in [0.3, 0.4) is 0 Å². The monoisotopic (exact) mass is 421 g/mol. The number of ether oxygens (including phenoxy) is 3. The van der Waals surface area contributed by atoms with Crippen molar-refractivity contribution in [1.82, 2.24) is 4.31 Å². The molecule has 0 saturated carbocycles. The smallest absolute Gasteiger partial charge is 0.338 e. The zero-order valence-electron chi connectivity index (χ0n) is 15.7. The van der Waals surface area contributed by atoms with E-state index in [9.17, 15) is 17.6 Å². The van der Waals surface area contributed by atoms with Gasteiger partial charge < -0.3 is 14.2 Å². The van der Waals surface area contributed by atoms with Gasteiger partial charge in [-0.05, 0) is 30.3 Å². The van der Waals surface area contributed by atoms with Crippen LogP contribution in [0.25, 0.3) is 0 Å². The topological polar surface area (TPSA) is 82.1 Å². The Balaban J connectivity index is 1.83. The zero-order chi connectivity index (χ0) is 21.0. The highest BCUT2D eigenvalue weighted by Crippen LogP contribution is 2.33. The third-order valence-corrected chi connectivity index (χ3v) is 6.16. The number of fused-ring (bicyclic) bond motifs is 1. The number of nitrogens with zero attached hydrogens (tertiary/aromatic N) is 1. The van der Waals surface area contributed by atoms with Crippen molar-refractivity contribution in [3.05, 3.63) is 66.5 Å². The Labute approximate surface area is 168 Å². The summed E-state index contributed by atoms with van der Waals surface area (Å²) in [7, 11) is -2.66. The molecule has 2 aromatic rings. The summed E-state index contributed by atoms with van der Waals surface area (Å²) < 4.78 is 57.1. The summed E-state index contributed by atoms with van der Waals surface area (Å²) in [6.07, 6.45) is 0.560. The second-order valence-electron chi connectivity index (χ2n) is 6.25. The van der Waals surface area contributed by atoms with Crippen molar-refractivity contribution < 1.29 is 31.8 Å². The predicted molar refractivity (Wildman–Crippen MR) is 103 cm³/mol. The average molecular weight is 421 g/mol. The van der Waals surface area contributed by atoms with E-state index < -0.39 is 32.8 Å². The number of sulfonamides is 1. The van der Waals surface area contributed by atoms with E-state index in [1.807, 2.05) is 0 Å². The van der Waals surface area contributed by atoms with Crippen LogP contribution in [0.5, 0.6) is 11.5 Å². The Morgan fingerprint density at radius 1 is 1.34 bits per heavy atom. The highest BCUT2D eigenvalue weighted by atomic mass is 32.2. The minimum Gasteiger partial charge on any atom is -0.497 e. The summed E-state index contributed by atoms with van der Waals surface area (Å²) in [5, 5.41) is 0. The number of carbonyl (C=O) groups excluding carboxylic acids is 1. The van der Waals surface area contributed by atoms with Crippen molar-refractivity contribution in [2.75, 3.05) is 26.8 Å². The van der Waals surface area contributed by atoms with Crippen molar-refractivity contribution >= 4 is 16.0 Å². The molecule has 3 rings (SSSR count). The van der Waals surface area contributed by atoms with Crippen LogP contribution in [0, 0.1) is 5.82 Å². The van der Waals surface area contributed by atoms with E-state index in [2.05, 4.69) is 6.58 Å². The van der Waals surface area contributed by atoms with Gasteiger partial charge in [-0.1, -0.05) is 18.2 Å². The van der Waals surface area contributed by atoms with Gasteiger partial charge in [0.15, 0.2) is 4.90 Å². The van der Waals surface area contributed by atoms with Crippen molar-refractivity contribution in [1.29, 1.82) is 0 Å². The molecule has 29 heavy (non-hydrogen) atoms. The maximum absolute atomic E-state index is 14.3. The molecule has 0 N–H and O–H groups in total. The van der Waals surface area contributed by atoms with Gasteiger partial charge in [-0.25, -0.2) is 17.6 Å². The van der Waals surface area contributed by atoms with Crippen molar-refractivity contribution in [3.63, 3.8) is 0 Å². The predicted octanol–water partition coefficient (Wildman–Crippen LogP) is 2.63. The maximum atomic E-state index is 14.3. The lowest BCUT2D eigenvalue weighted by atomic mass is 10.2. The van der Waals surface area contributed by atoms with E-state index in [1.165, 1.54) is 31.4 Å². The standard InChI is InChI=1S/C20H20FNO6S/c1-3-10-22-12-16(13-27-20(23)14-6-4-7-15(11-14)26-2)28-18-9-5-8-17(21)19(18)29(22,24)25/h3-9,11,16H,1,10,12-13H2,2H3/t16-/m1/s1. The maximum Gasteiger partial charge on any atom is 0.338 e. The molecule has 0 unspecified atom stereocenters. The molecule has 1 aliphatic rings. The third-order valence-electron chi connectivity index (χ3n) is 4.27. The molecule has 9 heteroatoms. The number of rotatable bonds is 6. The summed E-state index contributed by atoms with van der Waals surface area (Å²) in [5.74, 6) is -1.16. The van der Waals surface area contributed by atoms with E-state index in [-0.39, 0.29) is 31.0 Å². The molecule has 154 valence electrons. The first-order chi connectivity index (χ1) is 13.9. The molecule has 0 radical (unpaired) electrons. The minimum atomic E-state index is -4.14. The number of hydrogen-bond donors (Lipinski definition) is 0. The number of carbonyl (C=O) groups is 1. The van der Waals surface area contributed by atoms with E-state index in [0.717, 1.165) is 10.4 Å². The first kappa shape index (κ1) is 20.8. The summed E-state index contributed by atoms with van der Waals surface area (Å²) >= 11 is 0. The third kappa shape index (κ3) is 4.41. The van der Waals surface area contributed by atoms with Gasteiger partial charge in [0.2, 0.25) is 10.0 Å². The highest BCUT2D eigenvalue weighted by molar-refractivity contribution is 7.89. The lowest BCUT2D eigenvalue weighted by Gasteiger charge is -2.21. The highest BCUT2D eigenvalue weighted by Gasteiger charge is 2.37. The van der Waals surface area contributed by atoms with Crippen LogP contribution in [0.1, 0.15) is 10.4 Å². The van der Waals surface area contributed by atoms with Crippen LogP contribution in [0.15, 0.2) is 60.0 Å². The number of halogens is 1. The molecular formula is C20H20FNO6S. The van der Waals surface area contributed by atoms with E-state index in [4.69, 9.17) is 14.2 Å². The molecule has 0 spiro atoms. The quantitative estimate of drug-likeness (QED) is 0.527. The van der Waals surface area contributed by atoms with Gasteiger partial charge in [0, 0.05) is 6.54 Å². The van der Waals surface area contributed by atoms with Gasteiger partial charge in [-0.2, -0.15) is 4.31 Å². The zero-order valence-corrected chi connectivity index (χ0v) is 16.5. The normalized spacial score (nSPS) is 18.1. The van der Waals surface area contributed by atoms with Crippen molar-refractivity contribution in [3.8, 4) is 11.5 Å². The molecule has 1 aliphatic heterocycles. The second kappa shape index (κ2) is 8.62. The fourth-order valence-corrected chi connectivity index (χ4v) is 4.52. The van der Waals surface area contributed by atoms with Crippen LogP contribution in [-0.2, 0) is 14.8 Å². The van der Waals surface area contributed by atoms with Gasteiger partial charge >= 0.3 is 5.97 Å². The molecule has 0 bridgehead atoms. The fraction of sp³-hybridized carbons (Fsp3) is 0.250. The molecule has 1 atom stereocenters. The lowest BCUT2D eigenvalue weighted by Crippen LogP contribution is -2.39. The molecule has 1 heterocycles. The fourth-order valence-electron chi connectivity index (χ4n) is 2.91. The number of esters is 1. The second-order valence-corrected chi connectivity index (χ2v) is 8.12. The van der Waals surface area contributed by atoms with Gasteiger partial charge in [-0.3, -0.25) is 0 Å². The molecule has 2 aromatic carbocycles. The molecule has 7 nitrogen and oxygen atoms in total. The van der Waals surface area contributed by atoms with Crippen LogP contribution in [0.4, 0.5) is 4.39 Å². The van der Waals surface area contributed by atoms with Crippen LogP contribution in [-0.4, -0.2) is 51.6 Å². The van der Waals surface area contributed by atoms with E-state index in [1.54, 1.807) is 18.2 Å². The minimum absolute atomic E-state index is 0.0419. The molecule has 0 amide bonds. The van der Waals surface area contributed by atoms with Crippen LogP contribution in [0.2, 0.25) is 0 Å². The first-order valence-electron chi connectivity index (χ1n) is 8.74. The molecule has 0 fully saturated rings. The number of hydrogen-bond acceptors (Lipinski definition) is 6. The SMILES string of the molecule is C=CCN1C[C@H](COC(=O)c2cccc(OC)c2)Oc2cccc(F)c2S1(=O)=O. The summed E-state index contributed by atoms with van der Waals surface area (Å²) in [5.41, 5.74) is 0.278. The van der Waals surface area contributed by atoms with Crippen LogP contribution < -0.4 is 9.47 Å². The average Bonchev–Trinajstić information content (AvgIpc) is 2.81. The number of benzene rings is 2.